The monoisotopic (exact) mass is 574 g/mol. The molecule has 0 spiro atoms. The highest BCUT2D eigenvalue weighted by molar-refractivity contribution is 9.11. The van der Waals surface area contributed by atoms with Crippen molar-refractivity contribution in [2.75, 3.05) is 0 Å². The van der Waals surface area contributed by atoms with Crippen molar-refractivity contribution < 1.29 is 9.18 Å². The summed E-state index contributed by atoms with van der Waals surface area (Å²) in [6, 6.07) is 16.6. The second kappa shape index (κ2) is 13.5. The lowest BCUT2D eigenvalue weighted by molar-refractivity contribution is -0.109. The molecule has 0 aliphatic heterocycles. The highest BCUT2D eigenvalue weighted by atomic mass is 79.9. The van der Waals surface area contributed by atoms with Gasteiger partial charge < -0.3 is 4.79 Å². The van der Waals surface area contributed by atoms with Crippen LogP contribution >= 0.6 is 23.9 Å². The molecule has 2 aromatic rings. The van der Waals surface area contributed by atoms with Gasteiger partial charge >= 0.3 is 0 Å². The minimum Gasteiger partial charge on any atom is -0.302 e. The maximum Gasteiger partial charge on any atom is 0.162 e. The van der Waals surface area contributed by atoms with Gasteiger partial charge in [-0.15, -0.1) is 0 Å². The van der Waals surface area contributed by atoms with E-state index in [0.717, 1.165) is 48.9 Å². The van der Waals surface area contributed by atoms with E-state index in [2.05, 4.69) is 120 Å². The maximum absolute atomic E-state index is 12.8. The predicted molar refractivity (Wildman–Crippen MR) is 161 cm³/mol. The second-order valence-corrected chi connectivity index (χ2v) is 16.1. The fourth-order valence-corrected chi connectivity index (χ4v) is 9.04. The van der Waals surface area contributed by atoms with Crippen LogP contribution in [0.15, 0.2) is 59.3 Å². The number of rotatable bonds is 7. The van der Waals surface area contributed by atoms with Crippen LogP contribution < -0.4 is 0 Å². The van der Waals surface area contributed by atoms with E-state index in [9.17, 15) is 9.18 Å². The lowest BCUT2D eigenvalue weighted by atomic mass is 9.95. The molecule has 0 heterocycles. The van der Waals surface area contributed by atoms with Crippen molar-refractivity contribution in [2.45, 2.75) is 109 Å². The third-order valence-corrected chi connectivity index (χ3v) is 11.0. The van der Waals surface area contributed by atoms with Crippen molar-refractivity contribution in [1.82, 2.24) is 0 Å². The van der Waals surface area contributed by atoms with Crippen LogP contribution in [0, 0.1) is 13.8 Å². The summed E-state index contributed by atoms with van der Waals surface area (Å²) < 4.78 is 12.5. The third-order valence-electron chi connectivity index (χ3n) is 7.23. The van der Waals surface area contributed by atoms with Crippen LogP contribution in [0.1, 0.15) is 89.5 Å². The molecule has 0 bridgehead atoms. The van der Waals surface area contributed by atoms with Gasteiger partial charge in [0.05, 0.1) is 5.41 Å². The predicted octanol–water partition coefficient (Wildman–Crippen LogP) is 10.2. The summed E-state index contributed by atoms with van der Waals surface area (Å²) in [5.74, 6) is 0. The van der Waals surface area contributed by atoms with Gasteiger partial charge in [0.15, 0.2) is 4.74 Å². The third kappa shape index (κ3) is 8.91. The Hall–Kier alpha value is -1.31. The van der Waals surface area contributed by atoms with E-state index in [1.165, 1.54) is 22.3 Å². The Kier molecular flexibility index (Phi) is 11.6. The molecule has 0 amide bonds. The van der Waals surface area contributed by atoms with Crippen molar-refractivity contribution in [2.24, 2.45) is 0 Å². The molecule has 2 fully saturated rings. The Balaban J connectivity index is 0.000000194. The SMILES string of the molecule is CC(C)P(C(C)C)C(C)C.Cc1ccc(C2(C=C(F)Br)CC2)cc1.Cc1ccc(C2(C=O)CC2)cc1. The molecule has 2 aromatic carbocycles. The number of hydrogen-bond acceptors (Lipinski definition) is 1. The molecular weight excluding hydrogens is 530 g/mol. The van der Waals surface area contributed by atoms with Gasteiger partial charge in [-0.05, 0) is 89.6 Å². The summed E-state index contributed by atoms with van der Waals surface area (Å²) in [4.78, 5) is 10.8. The molecule has 0 unspecified atom stereocenters. The highest BCUT2D eigenvalue weighted by Crippen LogP contribution is 2.51. The van der Waals surface area contributed by atoms with Gasteiger partial charge in [0.1, 0.15) is 6.29 Å². The fraction of sp³-hybridized carbons (Fsp3) is 0.531. The van der Waals surface area contributed by atoms with E-state index in [0.29, 0.717) is 0 Å². The minimum atomic E-state index is -0.254. The molecule has 2 aliphatic rings. The first kappa shape index (κ1) is 30.9. The van der Waals surface area contributed by atoms with E-state index in [1.807, 2.05) is 0 Å². The summed E-state index contributed by atoms with van der Waals surface area (Å²) in [7, 11) is 0.262. The van der Waals surface area contributed by atoms with Gasteiger partial charge in [-0.25, -0.2) is 0 Å². The zero-order chi connectivity index (χ0) is 27.1. The first-order chi connectivity index (χ1) is 16.9. The quantitative estimate of drug-likeness (QED) is 0.237. The number of carbonyl (C=O) groups is 1. The second-order valence-electron chi connectivity index (χ2n) is 11.3. The first-order valence-electron chi connectivity index (χ1n) is 13.3. The zero-order valence-electron chi connectivity index (χ0n) is 23.4. The Morgan fingerprint density at radius 1 is 0.750 bits per heavy atom. The molecule has 0 radical (unpaired) electrons. The van der Waals surface area contributed by atoms with E-state index >= 15 is 0 Å². The standard InChI is InChI=1S/C12H12BrF.C11H12O.C9H21P/c1-9-2-4-10(5-3-9)12(6-7-12)8-11(13)14;1-9-2-4-10(5-3-9)11(8-12)6-7-11;1-7(2)10(8(3)4)9(5)6/h2-5,8H,6-7H2,1H3;2-5,8H,6-7H2,1H3;7-9H,1-6H3. The zero-order valence-corrected chi connectivity index (χ0v) is 25.9. The number of allylic oxidation sites excluding steroid dienone is 1. The van der Waals surface area contributed by atoms with Crippen molar-refractivity contribution >= 4 is 30.1 Å². The molecule has 0 aromatic heterocycles. The highest BCUT2D eigenvalue weighted by Gasteiger charge is 2.44. The smallest absolute Gasteiger partial charge is 0.162 e. The van der Waals surface area contributed by atoms with Gasteiger partial charge in [0.2, 0.25) is 0 Å². The van der Waals surface area contributed by atoms with E-state index in [1.54, 1.807) is 6.08 Å². The maximum atomic E-state index is 12.8. The van der Waals surface area contributed by atoms with Crippen LogP contribution in [0.2, 0.25) is 0 Å². The molecule has 0 atom stereocenters. The van der Waals surface area contributed by atoms with Crippen molar-refractivity contribution in [3.05, 3.63) is 81.6 Å². The Morgan fingerprint density at radius 2 is 1.08 bits per heavy atom. The molecule has 4 heteroatoms. The Bertz CT molecular complexity index is 961. The lowest BCUT2D eigenvalue weighted by Crippen LogP contribution is -2.10. The molecule has 2 saturated carbocycles. The van der Waals surface area contributed by atoms with E-state index in [-0.39, 0.29) is 23.5 Å². The van der Waals surface area contributed by atoms with Gasteiger partial charge in [0.25, 0.3) is 0 Å². The summed E-state index contributed by atoms with van der Waals surface area (Å²) in [5.41, 5.74) is 7.46. The van der Waals surface area contributed by atoms with Gasteiger partial charge in [-0.1, -0.05) is 109 Å². The molecule has 4 rings (SSSR count). The molecular formula is C32H45BrFOP. The number of aryl methyl sites for hydroxylation is 2. The van der Waals surface area contributed by atoms with Crippen molar-refractivity contribution in [1.29, 1.82) is 0 Å². The summed E-state index contributed by atoms with van der Waals surface area (Å²) >= 11 is 2.86. The average molecular weight is 576 g/mol. The number of carbonyl (C=O) groups excluding carboxylic acids is 1. The summed E-state index contributed by atoms with van der Waals surface area (Å²) in [6.45, 7) is 18.2. The van der Waals surface area contributed by atoms with Crippen molar-refractivity contribution in [3.8, 4) is 0 Å². The normalized spacial score (nSPS) is 17.3. The van der Waals surface area contributed by atoms with Crippen LogP contribution in [0.5, 0.6) is 0 Å². The molecule has 36 heavy (non-hydrogen) atoms. The lowest BCUT2D eigenvalue weighted by Gasteiger charge is -2.29. The number of hydrogen-bond donors (Lipinski definition) is 0. The number of halogens is 2. The Morgan fingerprint density at radius 3 is 1.31 bits per heavy atom. The van der Waals surface area contributed by atoms with E-state index < -0.39 is 0 Å². The molecule has 0 saturated heterocycles. The topological polar surface area (TPSA) is 17.1 Å². The van der Waals surface area contributed by atoms with Crippen LogP contribution in [-0.2, 0) is 15.6 Å². The van der Waals surface area contributed by atoms with Gasteiger partial charge in [-0.3, -0.25) is 0 Å². The summed E-state index contributed by atoms with van der Waals surface area (Å²) in [5, 5.41) is 0. The number of aldehydes is 1. The Labute approximate surface area is 229 Å². The van der Waals surface area contributed by atoms with Crippen molar-refractivity contribution in [3.63, 3.8) is 0 Å². The average Bonchev–Trinajstić information content (AvgIpc) is 3.71. The number of benzene rings is 2. The van der Waals surface area contributed by atoms with Crippen LogP contribution in [-0.4, -0.2) is 23.3 Å². The largest absolute Gasteiger partial charge is 0.302 e. The molecule has 198 valence electrons. The molecule has 1 nitrogen and oxygen atoms in total. The van der Waals surface area contributed by atoms with Gasteiger partial charge in [-0.2, -0.15) is 4.39 Å². The molecule has 0 N–H and O–H groups in total. The summed E-state index contributed by atoms with van der Waals surface area (Å²) in [6.07, 6.45) is 6.93. The van der Waals surface area contributed by atoms with Crippen LogP contribution in [0.25, 0.3) is 0 Å². The van der Waals surface area contributed by atoms with E-state index in [4.69, 9.17) is 0 Å². The first-order valence-corrected chi connectivity index (χ1v) is 15.6. The fourth-order valence-electron chi connectivity index (χ4n) is 5.03. The van der Waals surface area contributed by atoms with Crippen LogP contribution in [0.3, 0.4) is 0 Å². The molecule has 2 aliphatic carbocycles. The minimum absolute atomic E-state index is 0.0265. The van der Waals surface area contributed by atoms with Crippen LogP contribution in [0.4, 0.5) is 4.39 Å². The van der Waals surface area contributed by atoms with Gasteiger partial charge in [0, 0.05) is 5.41 Å².